The van der Waals surface area contributed by atoms with Gasteiger partial charge in [0, 0.05) is 30.4 Å². The number of carbonyl (C=O) groups is 2. The van der Waals surface area contributed by atoms with Gasteiger partial charge in [0.15, 0.2) is 6.61 Å². The molecule has 1 saturated heterocycles. The third kappa shape index (κ3) is 5.83. The molecule has 8 nitrogen and oxygen atoms in total. The number of piperidine rings is 1. The second-order valence-electron chi connectivity index (χ2n) is 7.19. The molecule has 1 amide bonds. The number of esters is 1. The summed E-state index contributed by atoms with van der Waals surface area (Å²) in [6.45, 7) is 2.31. The largest absolute Gasteiger partial charge is 0.482 e. The van der Waals surface area contributed by atoms with E-state index in [0.29, 0.717) is 24.5 Å². The monoisotopic (exact) mass is 464 g/mol. The fourth-order valence-electron chi connectivity index (χ4n) is 3.30. The summed E-state index contributed by atoms with van der Waals surface area (Å²) in [6, 6.07) is 9.58. The molecule has 1 fully saturated rings. The van der Waals surface area contributed by atoms with Gasteiger partial charge in [-0.2, -0.15) is 4.31 Å². The molecular weight excluding hydrogens is 439 g/mol. The van der Waals surface area contributed by atoms with E-state index in [1.165, 1.54) is 16.4 Å². The first-order valence-electron chi connectivity index (χ1n) is 10.3. The number of sulfonamides is 1. The molecule has 0 saturated carbocycles. The van der Waals surface area contributed by atoms with E-state index in [1.54, 1.807) is 25.1 Å². The van der Waals surface area contributed by atoms with Crippen LogP contribution in [0.5, 0.6) is 5.75 Å². The van der Waals surface area contributed by atoms with Crippen LogP contribution in [0.2, 0.25) is 0 Å². The molecule has 0 atom stereocenters. The third-order valence-electron chi connectivity index (χ3n) is 4.88. The molecule has 1 heterocycles. The standard InChI is InChI=1S/C22H25FN2O6S/c1-2-30-21(26)15-31-18-8-6-7-17(14-18)24-22(27)16-9-10-19(23)20(13-16)32(28,29)25-11-4-3-5-12-25/h6-10,13-14H,2-5,11-12,15H2,1H3,(H,24,27). The maximum absolute atomic E-state index is 14.4. The predicted molar refractivity (Wildman–Crippen MR) is 116 cm³/mol. The highest BCUT2D eigenvalue weighted by atomic mass is 32.2. The molecule has 32 heavy (non-hydrogen) atoms. The lowest BCUT2D eigenvalue weighted by atomic mass is 10.2. The Morgan fingerprint density at radius 3 is 2.56 bits per heavy atom. The summed E-state index contributed by atoms with van der Waals surface area (Å²) < 4.78 is 51.5. The number of halogens is 1. The SMILES string of the molecule is CCOC(=O)COc1cccc(NC(=O)c2ccc(F)c(S(=O)(=O)N3CCCCC3)c2)c1. The van der Waals surface area contributed by atoms with Crippen molar-refractivity contribution in [1.82, 2.24) is 4.31 Å². The van der Waals surface area contributed by atoms with Gasteiger partial charge in [-0.1, -0.05) is 12.5 Å². The number of carbonyl (C=O) groups excluding carboxylic acids is 2. The average molecular weight is 465 g/mol. The molecule has 2 aromatic rings. The van der Waals surface area contributed by atoms with E-state index < -0.39 is 32.6 Å². The maximum atomic E-state index is 14.4. The van der Waals surface area contributed by atoms with Gasteiger partial charge in [-0.15, -0.1) is 0 Å². The molecule has 0 unspecified atom stereocenters. The van der Waals surface area contributed by atoms with Gasteiger partial charge in [-0.25, -0.2) is 17.6 Å². The summed E-state index contributed by atoms with van der Waals surface area (Å²) in [5, 5.41) is 2.62. The van der Waals surface area contributed by atoms with Crippen molar-refractivity contribution in [1.29, 1.82) is 0 Å². The van der Waals surface area contributed by atoms with Gasteiger partial charge in [0.05, 0.1) is 6.61 Å². The first-order valence-corrected chi connectivity index (χ1v) is 11.7. The molecule has 1 aliphatic heterocycles. The zero-order valence-electron chi connectivity index (χ0n) is 17.7. The fraction of sp³-hybridized carbons (Fsp3) is 0.364. The summed E-state index contributed by atoms with van der Waals surface area (Å²) in [5.41, 5.74) is 0.362. The molecule has 0 spiro atoms. The van der Waals surface area contributed by atoms with Crippen LogP contribution in [0.1, 0.15) is 36.5 Å². The summed E-state index contributed by atoms with van der Waals surface area (Å²) in [6.07, 6.45) is 2.37. The Morgan fingerprint density at radius 1 is 1.09 bits per heavy atom. The predicted octanol–water partition coefficient (Wildman–Crippen LogP) is 3.19. The van der Waals surface area contributed by atoms with Crippen LogP contribution in [-0.4, -0.2) is 50.9 Å². The summed E-state index contributed by atoms with van der Waals surface area (Å²) in [5.74, 6) is -1.69. The number of rotatable bonds is 8. The van der Waals surface area contributed by atoms with Crippen molar-refractivity contribution in [3.05, 3.63) is 53.8 Å². The number of ether oxygens (including phenoxy) is 2. The molecule has 0 bridgehead atoms. The molecule has 2 aromatic carbocycles. The van der Waals surface area contributed by atoms with E-state index in [2.05, 4.69) is 5.32 Å². The summed E-state index contributed by atoms with van der Waals surface area (Å²) in [7, 11) is -4.03. The molecular formula is C22H25FN2O6S. The highest BCUT2D eigenvalue weighted by Gasteiger charge is 2.29. The zero-order chi connectivity index (χ0) is 23.1. The molecule has 0 radical (unpaired) electrons. The quantitative estimate of drug-likeness (QED) is 0.602. The van der Waals surface area contributed by atoms with Crippen molar-refractivity contribution in [2.45, 2.75) is 31.1 Å². The van der Waals surface area contributed by atoms with Gasteiger partial charge in [0.25, 0.3) is 5.91 Å². The summed E-state index contributed by atoms with van der Waals surface area (Å²) in [4.78, 5) is 23.6. The van der Waals surface area contributed by atoms with Crippen LogP contribution in [0.25, 0.3) is 0 Å². The zero-order valence-corrected chi connectivity index (χ0v) is 18.5. The Balaban J connectivity index is 1.74. The minimum Gasteiger partial charge on any atom is -0.482 e. The van der Waals surface area contributed by atoms with Crippen LogP contribution in [-0.2, 0) is 19.6 Å². The Kier molecular flexibility index (Phi) is 7.81. The molecule has 172 valence electrons. The van der Waals surface area contributed by atoms with Crippen LogP contribution < -0.4 is 10.1 Å². The van der Waals surface area contributed by atoms with E-state index in [4.69, 9.17) is 9.47 Å². The maximum Gasteiger partial charge on any atom is 0.344 e. The normalized spacial score (nSPS) is 14.6. The Labute approximate surface area is 186 Å². The first-order chi connectivity index (χ1) is 15.3. The highest BCUT2D eigenvalue weighted by Crippen LogP contribution is 2.25. The topological polar surface area (TPSA) is 102 Å². The number of hydrogen-bond acceptors (Lipinski definition) is 6. The second-order valence-corrected chi connectivity index (χ2v) is 9.09. The number of benzene rings is 2. The first kappa shape index (κ1) is 23.7. The van der Waals surface area contributed by atoms with E-state index in [1.807, 2.05) is 0 Å². The molecule has 1 N–H and O–H groups in total. The van der Waals surface area contributed by atoms with E-state index in [0.717, 1.165) is 31.4 Å². The fourth-order valence-corrected chi connectivity index (χ4v) is 4.91. The van der Waals surface area contributed by atoms with Crippen LogP contribution in [0, 0.1) is 5.82 Å². The minimum absolute atomic E-state index is 0.000158. The summed E-state index contributed by atoms with van der Waals surface area (Å²) >= 11 is 0. The third-order valence-corrected chi connectivity index (χ3v) is 6.79. The van der Waals surface area contributed by atoms with E-state index >= 15 is 0 Å². The molecule has 0 aliphatic carbocycles. The lowest BCUT2D eigenvalue weighted by Gasteiger charge is -2.26. The van der Waals surface area contributed by atoms with E-state index in [9.17, 15) is 22.4 Å². The Hall–Kier alpha value is -2.98. The second kappa shape index (κ2) is 10.6. The van der Waals surface area contributed by atoms with Crippen molar-refractivity contribution < 1.29 is 31.9 Å². The molecule has 10 heteroatoms. The molecule has 0 aromatic heterocycles. The number of anilines is 1. The minimum atomic E-state index is -4.03. The van der Waals surface area contributed by atoms with Gasteiger partial charge in [-0.05, 0) is 50.1 Å². The number of nitrogens with one attached hydrogen (secondary N) is 1. The van der Waals surface area contributed by atoms with Gasteiger partial charge in [0.1, 0.15) is 16.5 Å². The molecule has 1 aliphatic rings. The van der Waals surface area contributed by atoms with Gasteiger partial charge in [-0.3, -0.25) is 4.79 Å². The number of amides is 1. The van der Waals surface area contributed by atoms with Crippen molar-refractivity contribution in [3.63, 3.8) is 0 Å². The van der Waals surface area contributed by atoms with Crippen LogP contribution >= 0.6 is 0 Å². The lowest BCUT2D eigenvalue weighted by Crippen LogP contribution is -2.36. The number of nitrogens with zero attached hydrogens (tertiary/aromatic N) is 1. The van der Waals surface area contributed by atoms with Gasteiger partial charge in [0.2, 0.25) is 10.0 Å². The van der Waals surface area contributed by atoms with E-state index in [-0.39, 0.29) is 18.8 Å². The Morgan fingerprint density at radius 2 is 1.84 bits per heavy atom. The van der Waals surface area contributed by atoms with Crippen molar-refractivity contribution in [2.24, 2.45) is 0 Å². The smallest absolute Gasteiger partial charge is 0.344 e. The Bertz CT molecular complexity index is 1080. The van der Waals surface area contributed by atoms with Crippen molar-refractivity contribution >= 4 is 27.6 Å². The highest BCUT2D eigenvalue weighted by molar-refractivity contribution is 7.89. The van der Waals surface area contributed by atoms with Crippen LogP contribution in [0.4, 0.5) is 10.1 Å². The van der Waals surface area contributed by atoms with Crippen LogP contribution in [0.15, 0.2) is 47.4 Å². The average Bonchev–Trinajstić information content (AvgIpc) is 2.79. The van der Waals surface area contributed by atoms with Gasteiger partial charge >= 0.3 is 5.97 Å². The van der Waals surface area contributed by atoms with Crippen molar-refractivity contribution in [3.8, 4) is 5.75 Å². The van der Waals surface area contributed by atoms with Crippen LogP contribution in [0.3, 0.4) is 0 Å². The van der Waals surface area contributed by atoms with Gasteiger partial charge < -0.3 is 14.8 Å². The number of hydrogen-bond donors (Lipinski definition) is 1. The lowest BCUT2D eigenvalue weighted by molar-refractivity contribution is -0.145. The van der Waals surface area contributed by atoms with Crippen molar-refractivity contribution in [2.75, 3.05) is 31.6 Å². The molecule has 3 rings (SSSR count).